The summed E-state index contributed by atoms with van der Waals surface area (Å²) >= 11 is 6.05. The number of nitrogens with one attached hydrogen (secondary N) is 1. The Balaban J connectivity index is 1.67. The fourth-order valence-electron chi connectivity index (χ4n) is 3.32. The molecule has 0 atom stereocenters. The molecule has 1 N–H and O–H groups in total. The summed E-state index contributed by atoms with van der Waals surface area (Å²) in [6, 6.07) is 16.5. The fourth-order valence-corrected chi connectivity index (χ4v) is 3.45. The molecule has 0 aliphatic carbocycles. The van der Waals surface area contributed by atoms with E-state index in [4.69, 9.17) is 21.1 Å². The summed E-state index contributed by atoms with van der Waals surface area (Å²) in [6.45, 7) is 3.41. The highest BCUT2D eigenvalue weighted by molar-refractivity contribution is 6.30. The van der Waals surface area contributed by atoms with E-state index in [1.54, 1.807) is 7.11 Å². The number of halogens is 1. The zero-order valence-electron chi connectivity index (χ0n) is 14.1. The Morgan fingerprint density at radius 2 is 1.71 bits per heavy atom. The summed E-state index contributed by atoms with van der Waals surface area (Å²) in [4.78, 5) is 0. The Hall–Kier alpha value is -1.55. The number of hydrogen-bond donors (Lipinski definition) is 1. The topological polar surface area (TPSA) is 30.5 Å². The molecule has 24 heavy (non-hydrogen) atoms. The molecule has 1 saturated heterocycles. The summed E-state index contributed by atoms with van der Waals surface area (Å²) in [5.74, 6) is 0.890. The molecule has 3 nitrogen and oxygen atoms in total. The van der Waals surface area contributed by atoms with Crippen LogP contribution in [0.15, 0.2) is 48.5 Å². The lowest BCUT2D eigenvalue weighted by Crippen LogP contribution is -2.42. The highest BCUT2D eigenvalue weighted by atomic mass is 35.5. The van der Waals surface area contributed by atoms with Gasteiger partial charge < -0.3 is 14.8 Å². The number of methoxy groups -OCH3 is 1. The molecule has 0 saturated carbocycles. The van der Waals surface area contributed by atoms with Crippen LogP contribution in [0.2, 0.25) is 5.02 Å². The standard InChI is InChI=1S/C20H24ClNO2/c1-23-19-8-2-16(3-9-19)14-22-15-20(10-12-24-13-11-20)17-4-6-18(21)7-5-17/h2-9,22H,10-15H2,1H3. The lowest BCUT2D eigenvalue weighted by atomic mass is 9.74. The van der Waals surface area contributed by atoms with Crippen molar-refractivity contribution < 1.29 is 9.47 Å². The molecule has 128 valence electrons. The van der Waals surface area contributed by atoms with Crippen LogP contribution in [0.3, 0.4) is 0 Å². The van der Waals surface area contributed by atoms with Crippen molar-refractivity contribution in [3.8, 4) is 5.75 Å². The van der Waals surface area contributed by atoms with Gasteiger partial charge in [0, 0.05) is 36.7 Å². The van der Waals surface area contributed by atoms with Gasteiger partial charge in [-0.1, -0.05) is 35.9 Å². The second kappa shape index (κ2) is 8.02. The van der Waals surface area contributed by atoms with E-state index in [9.17, 15) is 0 Å². The third-order valence-electron chi connectivity index (χ3n) is 4.86. The van der Waals surface area contributed by atoms with Crippen molar-refractivity contribution in [1.29, 1.82) is 0 Å². The van der Waals surface area contributed by atoms with Gasteiger partial charge in [0.2, 0.25) is 0 Å². The molecule has 3 rings (SSSR count). The molecule has 1 aliphatic rings. The Labute approximate surface area is 148 Å². The van der Waals surface area contributed by atoms with E-state index < -0.39 is 0 Å². The lowest BCUT2D eigenvalue weighted by Gasteiger charge is -2.38. The fraction of sp³-hybridized carbons (Fsp3) is 0.400. The van der Waals surface area contributed by atoms with Crippen LogP contribution in [0.4, 0.5) is 0 Å². The average Bonchev–Trinajstić information content (AvgIpc) is 2.63. The Bertz CT molecular complexity index is 634. The number of hydrogen-bond acceptors (Lipinski definition) is 3. The summed E-state index contributed by atoms with van der Waals surface area (Å²) in [6.07, 6.45) is 2.06. The zero-order valence-corrected chi connectivity index (χ0v) is 14.8. The predicted molar refractivity (Wildman–Crippen MR) is 97.9 cm³/mol. The lowest BCUT2D eigenvalue weighted by molar-refractivity contribution is 0.0498. The van der Waals surface area contributed by atoms with Crippen LogP contribution in [0.25, 0.3) is 0 Å². The van der Waals surface area contributed by atoms with Crippen molar-refractivity contribution in [3.05, 3.63) is 64.7 Å². The van der Waals surface area contributed by atoms with Gasteiger partial charge in [0.1, 0.15) is 5.75 Å². The minimum Gasteiger partial charge on any atom is -0.497 e. The number of benzene rings is 2. The predicted octanol–water partition coefficient (Wildman–Crippen LogP) is 4.19. The van der Waals surface area contributed by atoms with Gasteiger partial charge in [0.05, 0.1) is 7.11 Å². The maximum Gasteiger partial charge on any atom is 0.118 e. The quantitative estimate of drug-likeness (QED) is 0.851. The van der Waals surface area contributed by atoms with E-state index in [1.165, 1.54) is 11.1 Å². The molecule has 0 unspecified atom stereocenters. The minimum absolute atomic E-state index is 0.120. The van der Waals surface area contributed by atoms with Crippen molar-refractivity contribution in [2.45, 2.75) is 24.8 Å². The highest BCUT2D eigenvalue weighted by Gasteiger charge is 2.34. The number of rotatable bonds is 6. The van der Waals surface area contributed by atoms with E-state index in [1.807, 2.05) is 24.3 Å². The molecule has 4 heteroatoms. The van der Waals surface area contributed by atoms with Crippen LogP contribution in [0.5, 0.6) is 5.75 Å². The van der Waals surface area contributed by atoms with Crippen LogP contribution in [-0.2, 0) is 16.7 Å². The molecule has 0 amide bonds. The molecular weight excluding hydrogens is 322 g/mol. The van der Waals surface area contributed by atoms with Crippen LogP contribution in [0.1, 0.15) is 24.0 Å². The van der Waals surface area contributed by atoms with Gasteiger partial charge in [-0.25, -0.2) is 0 Å². The molecule has 0 spiro atoms. The first-order valence-electron chi connectivity index (χ1n) is 8.39. The molecule has 2 aromatic rings. The zero-order chi connectivity index (χ0) is 16.8. The molecule has 0 aromatic heterocycles. The van der Waals surface area contributed by atoms with E-state index in [2.05, 4.69) is 29.6 Å². The first-order chi connectivity index (χ1) is 11.7. The van der Waals surface area contributed by atoms with E-state index in [0.717, 1.165) is 49.9 Å². The SMILES string of the molecule is COc1ccc(CNCC2(c3ccc(Cl)cc3)CCOCC2)cc1. The minimum atomic E-state index is 0.120. The molecule has 2 aromatic carbocycles. The summed E-state index contributed by atoms with van der Waals surface area (Å²) < 4.78 is 10.8. The first kappa shape index (κ1) is 17.3. The van der Waals surface area contributed by atoms with Gasteiger partial charge in [0.15, 0.2) is 0 Å². The second-order valence-electron chi connectivity index (χ2n) is 6.35. The smallest absolute Gasteiger partial charge is 0.118 e. The van der Waals surface area contributed by atoms with E-state index >= 15 is 0 Å². The van der Waals surface area contributed by atoms with Crippen LogP contribution < -0.4 is 10.1 Å². The van der Waals surface area contributed by atoms with Gasteiger partial charge >= 0.3 is 0 Å². The van der Waals surface area contributed by atoms with Crippen molar-refractivity contribution in [3.63, 3.8) is 0 Å². The normalized spacial score (nSPS) is 16.8. The largest absolute Gasteiger partial charge is 0.497 e. The Morgan fingerprint density at radius 3 is 2.33 bits per heavy atom. The monoisotopic (exact) mass is 345 g/mol. The van der Waals surface area contributed by atoms with Crippen molar-refractivity contribution in [2.24, 2.45) is 0 Å². The molecule has 1 fully saturated rings. The highest BCUT2D eigenvalue weighted by Crippen LogP contribution is 2.35. The summed E-state index contributed by atoms with van der Waals surface area (Å²) in [5, 5.41) is 4.42. The van der Waals surface area contributed by atoms with Gasteiger partial charge in [-0.05, 0) is 48.2 Å². The number of ether oxygens (including phenoxy) is 2. The Morgan fingerprint density at radius 1 is 1.04 bits per heavy atom. The second-order valence-corrected chi connectivity index (χ2v) is 6.79. The third-order valence-corrected chi connectivity index (χ3v) is 5.11. The van der Waals surface area contributed by atoms with Crippen molar-refractivity contribution in [2.75, 3.05) is 26.9 Å². The van der Waals surface area contributed by atoms with Gasteiger partial charge in [-0.2, -0.15) is 0 Å². The van der Waals surface area contributed by atoms with Crippen LogP contribution >= 0.6 is 11.6 Å². The molecular formula is C20H24ClNO2. The molecule has 0 radical (unpaired) electrons. The van der Waals surface area contributed by atoms with Gasteiger partial charge in [-0.15, -0.1) is 0 Å². The van der Waals surface area contributed by atoms with Gasteiger partial charge in [0.25, 0.3) is 0 Å². The molecule has 1 aliphatic heterocycles. The third kappa shape index (κ3) is 4.10. The average molecular weight is 346 g/mol. The molecule has 1 heterocycles. The maximum atomic E-state index is 6.05. The maximum absolute atomic E-state index is 6.05. The van der Waals surface area contributed by atoms with Crippen molar-refractivity contribution >= 4 is 11.6 Å². The summed E-state index contributed by atoms with van der Waals surface area (Å²) in [5.41, 5.74) is 2.72. The molecule has 0 bridgehead atoms. The van der Waals surface area contributed by atoms with Crippen LogP contribution in [0, 0.1) is 0 Å². The van der Waals surface area contributed by atoms with E-state index in [0.29, 0.717) is 0 Å². The Kier molecular flexibility index (Phi) is 5.77. The van der Waals surface area contributed by atoms with Gasteiger partial charge in [-0.3, -0.25) is 0 Å². The van der Waals surface area contributed by atoms with Crippen molar-refractivity contribution in [1.82, 2.24) is 5.32 Å². The summed E-state index contributed by atoms with van der Waals surface area (Å²) in [7, 11) is 1.69. The van der Waals surface area contributed by atoms with Crippen LogP contribution in [-0.4, -0.2) is 26.9 Å². The van der Waals surface area contributed by atoms with E-state index in [-0.39, 0.29) is 5.41 Å². The first-order valence-corrected chi connectivity index (χ1v) is 8.77.